The highest BCUT2D eigenvalue weighted by atomic mass is 19.1. The number of nitrogens with one attached hydrogen (secondary N) is 1. The molecule has 3 aromatic rings. The first-order valence-corrected chi connectivity index (χ1v) is 5.80. The summed E-state index contributed by atoms with van der Waals surface area (Å²) in [5.74, 6) is -2.45. The van der Waals surface area contributed by atoms with E-state index in [0.29, 0.717) is 0 Å². The first-order valence-electron chi connectivity index (χ1n) is 5.80. The van der Waals surface area contributed by atoms with Crippen LogP contribution in [0.4, 0.5) is 10.1 Å². The Hall–Kier alpha value is -3.16. The summed E-state index contributed by atoms with van der Waals surface area (Å²) in [5, 5.41) is 6.03. The Morgan fingerprint density at radius 1 is 1.29 bits per heavy atom. The molecule has 3 rings (SSSR count). The summed E-state index contributed by atoms with van der Waals surface area (Å²) in [6.07, 6.45) is 1.29. The maximum absolute atomic E-state index is 13.3. The number of amides is 2. The topological polar surface area (TPSA) is 111 Å². The molecule has 21 heavy (non-hydrogen) atoms. The third-order valence-electron chi connectivity index (χ3n) is 2.77. The predicted molar refractivity (Wildman–Crippen MR) is 69.1 cm³/mol. The van der Waals surface area contributed by atoms with E-state index in [0.717, 1.165) is 6.07 Å². The summed E-state index contributed by atoms with van der Waals surface area (Å²) in [6.45, 7) is 0. The van der Waals surface area contributed by atoms with E-state index in [1.807, 2.05) is 0 Å². The summed E-state index contributed by atoms with van der Waals surface area (Å²) in [4.78, 5) is 23.3. The first-order chi connectivity index (χ1) is 10.1. The van der Waals surface area contributed by atoms with Gasteiger partial charge < -0.3 is 20.0 Å². The minimum Gasteiger partial charge on any atom is -0.449 e. The molecule has 0 saturated heterocycles. The van der Waals surface area contributed by atoms with Crippen LogP contribution in [0, 0.1) is 5.82 Å². The predicted octanol–water partition coefficient (Wildman–Crippen LogP) is 1.91. The van der Waals surface area contributed by atoms with Crippen molar-refractivity contribution in [1.82, 2.24) is 5.16 Å². The smallest absolute Gasteiger partial charge is 0.294 e. The van der Waals surface area contributed by atoms with Crippen molar-refractivity contribution in [3.8, 4) is 0 Å². The number of nitrogens with two attached hydrogens (primary N) is 1. The van der Waals surface area contributed by atoms with Crippen molar-refractivity contribution >= 4 is 28.5 Å². The zero-order chi connectivity index (χ0) is 15.0. The molecule has 0 saturated carbocycles. The van der Waals surface area contributed by atoms with E-state index < -0.39 is 17.6 Å². The van der Waals surface area contributed by atoms with Crippen LogP contribution in [0.5, 0.6) is 0 Å². The molecular formula is C13H8FN3O4. The van der Waals surface area contributed by atoms with Crippen LogP contribution in [0.25, 0.3) is 11.0 Å². The normalized spacial score (nSPS) is 10.7. The molecule has 7 nitrogen and oxygen atoms in total. The number of aromatic nitrogens is 1. The van der Waals surface area contributed by atoms with Crippen molar-refractivity contribution in [3.05, 3.63) is 47.8 Å². The molecular weight excluding hydrogens is 281 g/mol. The molecule has 0 fully saturated rings. The number of hydrogen-bond donors (Lipinski definition) is 2. The van der Waals surface area contributed by atoms with Crippen molar-refractivity contribution in [2.75, 3.05) is 5.32 Å². The molecule has 2 aromatic heterocycles. The maximum Gasteiger partial charge on any atom is 0.294 e. The molecule has 2 heterocycles. The highest BCUT2D eigenvalue weighted by Gasteiger charge is 2.22. The monoisotopic (exact) mass is 289 g/mol. The number of furan rings is 1. The van der Waals surface area contributed by atoms with Crippen molar-refractivity contribution in [1.29, 1.82) is 0 Å². The van der Waals surface area contributed by atoms with Crippen molar-refractivity contribution in [3.63, 3.8) is 0 Å². The quantitative estimate of drug-likeness (QED) is 0.765. The van der Waals surface area contributed by atoms with E-state index in [1.54, 1.807) is 0 Å². The zero-order valence-electron chi connectivity index (χ0n) is 10.4. The van der Waals surface area contributed by atoms with Crippen LogP contribution in [0.2, 0.25) is 0 Å². The first kappa shape index (κ1) is 12.9. The number of carbonyl (C=O) groups is 2. The maximum atomic E-state index is 13.3. The van der Waals surface area contributed by atoms with Crippen LogP contribution in [-0.2, 0) is 0 Å². The van der Waals surface area contributed by atoms with Crippen molar-refractivity contribution in [2.24, 2.45) is 5.73 Å². The zero-order valence-corrected chi connectivity index (χ0v) is 10.4. The molecule has 0 aliphatic carbocycles. The van der Waals surface area contributed by atoms with Crippen molar-refractivity contribution in [2.45, 2.75) is 0 Å². The SMILES string of the molecule is NC(=O)c1oc2ccc(F)cc2c1NC(=O)c1ccno1. The van der Waals surface area contributed by atoms with E-state index in [-0.39, 0.29) is 28.2 Å². The molecule has 0 spiro atoms. The van der Waals surface area contributed by atoms with Gasteiger partial charge in [0.15, 0.2) is 0 Å². The fourth-order valence-corrected chi connectivity index (χ4v) is 1.88. The van der Waals surface area contributed by atoms with Gasteiger partial charge in [-0.2, -0.15) is 0 Å². The lowest BCUT2D eigenvalue weighted by atomic mass is 10.2. The molecule has 3 N–H and O–H groups in total. The van der Waals surface area contributed by atoms with Gasteiger partial charge in [-0.25, -0.2) is 4.39 Å². The van der Waals surface area contributed by atoms with Gasteiger partial charge in [0.1, 0.15) is 17.1 Å². The Kier molecular flexibility index (Phi) is 2.90. The molecule has 1 aromatic carbocycles. The fourth-order valence-electron chi connectivity index (χ4n) is 1.88. The Morgan fingerprint density at radius 2 is 2.10 bits per heavy atom. The van der Waals surface area contributed by atoms with Crippen LogP contribution in [0.1, 0.15) is 21.1 Å². The molecule has 0 unspecified atom stereocenters. The van der Waals surface area contributed by atoms with Crippen LogP contribution in [-0.4, -0.2) is 17.0 Å². The fraction of sp³-hybridized carbons (Fsp3) is 0. The van der Waals surface area contributed by atoms with Gasteiger partial charge in [-0.05, 0) is 18.2 Å². The van der Waals surface area contributed by atoms with Gasteiger partial charge in [0, 0.05) is 11.5 Å². The minimum absolute atomic E-state index is 0.0154. The molecule has 0 bridgehead atoms. The van der Waals surface area contributed by atoms with Gasteiger partial charge in [0.25, 0.3) is 11.8 Å². The van der Waals surface area contributed by atoms with Gasteiger partial charge in [-0.1, -0.05) is 5.16 Å². The number of hydrogen-bond acceptors (Lipinski definition) is 5. The lowest BCUT2D eigenvalue weighted by Crippen LogP contribution is -2.16. The lowest BCUT2D eigenvalue weighted by molar-refractivity contribution is 0.0977. The Balaban J connectivity index is 2.11. The number of rotatable bonds is 3. The Bertz CT molecular complexity index is 839. The summed E-state index contributed by atoms with van der Waals surface area (Å²) >= 11 is 0. The van der Waals surface area contributed by atoms with E-state index in [2.05, 4.69) is 10.5 Å². The van der Waals surface area contributed by atoms with Crippen LogP contribution in [0.3, 0.4) is 0 Å². The average Bonchev–Trinajstić information content (AvgIpc) is 3.07. The van der Waals surface area contributed by atoms with E-state index in [9.17, 15) is 14.0 Å². The van der Waals surface area contributed by atoms with Crippen LogP contribution < -0.4 is 11.1 Å². The highest BCUT2D eigenvalue weighted by Crippen LogP contribution is 2.31. The van der Waals surface area contributed by atoms with E-state index in [4.69, 9.17) is 14.7 Å². The summed E-state index contributed by atoms with van der Waals surface area (Å²) in [5.41, 5.74) is 5.40. The largest absolute Gasteiger partial charge is 0.449 e. The molecule has 0 atom stereocenters. The average molecular weight is 289 g/mol. The Morgan fingerprint density at radius 3 is 2.76 bits per heavy atom. The summed E-state index contributed by atoms with van der Waals surface area (Å²) in [6, 6.07) is 4.96. The third-order valence-corrected chi connectivity index (χ3v) is 2.77. The number of anilines is 1. The standard InChI is InChI=1S/C13H8FN3O4/c14-6-1-2-8-7(5-6)10(11(20-8)12(15)18)17-13(19)9-3-4-16-21-9/h1-5H,(H2,15,18)(H,17,19). The van der Waals surface area contributed by atoms with Gasteiger partial charge in [0.05, 0.1) is 6.20 Å². The highest BCUT2D eigenvalue weighted by molar-refractivity contribution is 6.13. The number of nitrogens with zero attached hydrogens (tertiary/aromatic N) is 1. The van der Waals surface area contributed by atoms with Gasteiger partial charge in [-0.3, -0.25) is 9.59 Å². The van der Waals surface area contributed by atoms with Gasteiger partial charge >= 0.3 is 0 Å². The Labute approximate surface area is 116 Å². The second-order valence-corrected chi connectivity index (χ2v) is 4.14. The lowest BCUT2D eigenvalue weighted by Gasteiger charge is -2.02. The van der Waals surface area contributed by atoms with Crippen molar-refractivity contribution < 1.29 is 22.9 Å². The van der Waals surface area contributed by atoms with E-state index in [1.165, 1.54) is 24.4 Å². The second kappa shape index (κ2) is 4.75. The number of benzene rings is 1. The van der Waals surface area contributed by atoms with Crippen LogP contribution >= 0.6 is 0 Å². The molecule has 106 valence electrons. The molecule has 8 heteroatoms. The number of carbonyl (C=O) groups excluding carboxylic acids is 2. The second-order valence-electron chi connectivity index (χ2n) is 4.14. The molecule has 0 radical (unpaired) electrons. The summed E-state index contributed by atoms with van der Waals surface area (Å²) < 4.78 is 23.3. The minimum atomic E-state index is -0.889. The number of primary amides is 1. The number of halogens is 1. The van der Waals surface area contributed by atoms with Gasteiger partial charge in [-0.15, -0.1) is 0 Å². The molecule has 0 aliphatic heterocycles. The summed E-state index contributed by atoms with van der Waals surface area (Å²) in [7, 11) is 0. The van der Waals surface area contributed by atoms with Gasteiger partial charge in [0.2, 0.25) is 11.5 Å². The third kappa shape index (κ3) is 2.22. The van der Waals surface area contributed by atoms with Crippen LogP contribution in [0.15, 0.2) is 39.4 Å². The number of fused-ring (bicyclic) bond motifs is 1. The molecule has 2 amide bonds. The van der Waals surface area contributed by atoms with E-state index >= 15 is 0 Å². The molecule has 0 aliphatic rings.